The second-order valence-electron chi connectivity index (χ2n) is 6.56. The molecule has 0 saturated heterocycles. The molecule has 1 amide bonds. The molecule has 1 aromatic heterocycles. The van der Waals surface area contributed by atoms with E-state index in [-0.39, 0.29) is 17.7 Å². The Morgan fingerprint density at radius 1 is 1.33 bits per heavy atom. The van der Waals surface area contributed by atoms with E-state index in [0.717, 1.165) is 28.9 Å². The second kappa shape index (κ2) is 7.46. The highest BCUT2D eigenvalue weighted by atomic mass is 79.9. The van der Waals surface area contributed by atoms with Gasteiger partial charge in [-0.2, -0.15) is 18.3 Å². The predicted octanol–water partition coefficient (Wildman–Crippen LogP) is 3.78. The van der Waals surface area contributed by atoms with Crippen molar-refractivity contribution in [3.05, 3.63) is 62.0 Å². The van der Waals surface area contributed by atoms with Crippen molar-refractivity contribution in [2.45, 2.75) is 44.4 Å². The van der Waals surface area contributed by atoms with Crippen molar-refractivity contribution in [1.82, 2.24) is 15.1 Å². The molecule has 1 saturated carbocycles. The normalized spacial score (nSPS) is 15.4. The number of halogens is 4. The molecule has 0 spiro atoms. The van der Waals surface area contributed by atoms with Crippen LogP contribution in [0.15, 0.2) is 39.6 Å². The van der Waals surface area contributed by atoms with Crippen molar-refractivity contribution >= 4 is 21.8 Å². The fourth-order valence-electron chi connectivity index (χ4n) is 2.71. The monoisotopic (exact) mass is 443 g/mol. The van der Waals surface area contributed by atoms with Crippen molar-refractivity contribution in [1.29, 1.82) is 0 Å². The van der Waals surface area contributed by atoms with Crippen LogP contribution in [0.5, 0.6) is 0 Å². The maximum Gasteiger partial charge on any atom is 0.421 e. The number of benzene rings is 1. The van der Waals surface area contributed by atoms with Crippen LogP contribution in [0.25, 0.3) is 0 Å². The molecule has 144 valence electrons. The molecule has 5 nitrogen and oxygen atoms in total. The van der Waals surface area contributed by atoms with Gasteiger partial charge in [-0.15, -0.1) is 0 Å². The van der Waals surface area contributed by atoms with Crippen LogP contribution in [-0.4, -0.2) is 15.7 Å². The number of amides is 1. The van der Waals surface area contributed by atoms with Crippen molar-refractivity contribution in [3.63, 3.8) is 0 Å². The minimum atomic E-state index is -4.79. The average molecular weight is 444 g/mol. The van der Waals surface area contributed by atoms with Gasteiger partial charge in [0.25, 0.3) is 5.56 Å². The summed E-state index contributed by atoms with van der Waals surface area (Å²) in [5, 5.41) is 6.66. The molecule has 1 aliphatic rings. The average Bonchev–Trinajstić information content (AvgIpc) is 3.41. The largest absolute Gasteiger partial charge is 0.421 e. The van der Waals surface area contributed by atoms with Gasteiger partial charge in [0, 0.05) is 10.4 Å². The van der Waals surface area contributed by atoms with E-state index in [1.807, 2.05) is 24.3 Å². The summed E-state index contributed by atoms with van der Waals surface area (Å²) >= 11 is 3.32. The molecule has 0 bridgehead atoms. The van der Waals surface area contributed by atoms with Crippen LogP contribution in [0, 0.1) is 0 Å². The van der Waals surface area contributed by atoms with E-state index in [1.54, 1.807) is 6.92 Å². The summed E-state index contributed by atoms with van der Waals surface area (Å²) in [6.45, 7) is 1.18. The van der Waals surface area contributed by atoms with Crippen LogP contribution >= 0.6 is 15.9 Å². The summed E-state index contributed by atoms with van der Waals surface area (Å²) < 4.78 is 40.9. The molecule has 27 heavy (non-hydrogen) atoms. The highest BCUT2D eigenvalue weighted by molar-refractivity contribution is 9.10. The number of hydrogen-bond donors (Lipinski definition) is 1. The third-order valence-corrected chi connectivity index (χ3v) is 4.86. The van der Waals surface area contributed by atoms with Gasteiger partial charge in [0.1, 0.15) is 12.1 Å². The zero-order valence-corrected chi connectivity index (χ0v) is 16.0. The Morgan fingerprint density at radius 2 is 1.96 bits per heavy atom. The number of carbonyl (C=O) groups is 1. The molecular weight excluding hydrogens is 427 g/mol. The molecule has 1 N–H and O–H groups in total. The molecule has 3 rings (SSSR count). The third kappa shape index (κ3) is 4.77. The highest BCUT2D eigenvalue weighted by Gasteiger charge is 2.37. The predicted molar refractivity (Wildman–Crippen MR) is 96.2 cm³/mol. The van der Waals surface area contributed by atoms with Gasteiger partial charge in [0.2, 0.25) is 5.91 Å². The minimum Gasteiger partial charge on any atom is -0.348 e. The molecular formula is C18H17BrF3N3O2. The van der Waals surface area contributed by atoms with Crippen LogP contribution in [0.1, 0.15) is 48.5 Å². The second-order valence-corrected chi connectivity index (χ2v) is 7.47. The highest BCUT2D eigenvalue weighted by Crippen LogP contribution is 2.40. The number of carbonyl (C=O) groups excluding carboxylic acids is 1. The van der Waals surface area contributed by atoms with Crippen molar-refractivity contribution in [2.75, 3.05) is 0 Å². The van der Waals surface area contributed by atoms with E-state index in [1.165, 1.54) is 0 Å². The summed E-state index contributed by atoms with van der Waals surface area (Å²) in [6, 6.07) is 7.70. The number of alkyl halides is 3. The van der Waals surface area contributed by atoms with Gasteiger partial charge in [0.15, 0.2) is 0 Å². The smallest absolute Gasteiger partial charge is 0.348 e. The molecule has 9 heteroatoms. The van der Waals surface area contributed by atoms with Gasteiger partial charge in [0.05, 0.1) is 11.7 Å². The molecule has 1 aromatic carbocycles. The lowest BCUT2D eigenvalue weighted by atomic mass is 10.1. The summed E-state index contributed by atoms with van der Waals surface area (Å²) in [5.41, 5.74) is -1.56. The molecule has 1 fully saturated rings. The number of aromatic nitrogens is 2. The zero-order valence-electron chi connectivity index (χ0n) is 14.4. The van der Waals surface area contributed by atoms with Crippen molar-refractivity contribution in [3.8, 4) is 0 Å². The van der Waals surface area contributed by atoms with Gasteiger partial charge in [-0.05, 0) is 43.5 Å². The summed E-state index contributed by atoms with van der Waals surface area (Å²) in [7, 11) is 0. The van der Waals surface area contributed by atoms with E-state index in [0.29, 0.717) is 4.68 Å². The van der Waals surface area contributed by atoms with E-state index in [4.69, 9.17) is 0 Å². The Morgan fingerprint density at radius 3 is 2.52 bits per heavy atom. The lowest BCUT2D eigenvalue weighted by molar-refractivity contribution is -0.139. The number of hydrogen-bond acceptors (Lipinski definition) is 3. The van der Waals surface area contributed by atoms with Crippen LogP contribution in [0.4, 0.5) is 13.2 Å². The lowest BCUT2D eigenvalue weighted by Crippen LogP contribution is -2.38. The van der Waals surface area contributed by atoms with Gasteiger partial charge in [-0.3, -0.25) is 9.59 Å². The fourth-order valence-corrected chi connectivity index (χ4v) is 2.97. The Labute approximate surface area is 161 Å². The van der Waals surface area contributed by atoms with Crippen molar-refractivity contribution in [2.24, 2.45) is 0 Å². The fraction of sp³-hybridized carbons (Fsp3) is 0.389. The van der Waals surface area contributed by atoms with E-state index >= 15 is 0 Å². The lowest BCUT2D eigenvalue weighted by Gasteiger charge is -2.16. The standard InChI is InChI=1S/C18H17BrF3N3O2/c1-10(11-4-6-13(19)7-5-11)23-16(26)9-25-17(27)14(18(20,21)22)8-15(24-25)12-2-3-12/h4-8,10,12H,2-3,9H2,1H3,(H,23,26). The van der Waals surface area contributed by atoms with Gasteiger partial charge < -0.3 is 5.32 Å². The van der Waals surface area contributed by atoms with Crippen LogP contribution in [0.2, 0.25) is 0 Å². The summed E-state index contributed by atoms with van der Waals surface area (Å²) in [5.74, 6) is -0.663. The molecule has 1 heterocycles. The van der Waals surface area contributed by atoms with E-state index in [2.05, 4.69) is 26.3 Å². The van der Waals surface area contributed by atoms with E-state index in [9.17, 15) is 22.8 Å². The summed E-state index contributed by atoms with van der Waals surface area (Å²) in [4.78, 5) is 24.4. The van der Waals surface area contributed by atoms with E-state index < -0.39 is 29.8 Å². The molecule has 1 unspecified atom stereocenters. The quantitative estimate of drug-likeness (QED) is 0.764. The molecule has 0 radical (unpaired) electrons. The number of nitrogens with one attached hydrogen (secondary N) is 1. The van der Waals surface area contributed by atoms with Crippen molar-refractivity contribution < 1.29 is 18.0 Å². The van der Waals surface area contributed by atoms with Gasteiger partial charge in [-0.1, -0.05) is 28.1 Å². The number of rotatable bonds is 5. The minimum absolute atomic E-state index is 0.0808. The third-order valence-electron chi connectivity index (χ3n) is 4.34. The molecule has 0 aliphatic heterocycles. The molecule has 1 aliphatic carbocycles. The Kier molecular flexibility index (Phi) is 5.41. The Hall–Kier alpha value is -2.16. The SMILES string of the molecule is CC(NC(=O)Cn1nc(C2CC2)cc(C(F)(F)F)c1=O)c1ccc(Br)cc1. The number of nitrogens with zero attached hydrogens (tertiary/aromatic N) is 2. The Balaban J connectivity index is 1.79. The first kappa shape index (κ1) is 19.6. The molecule has 2 aromatic rings. The first-order valence-electron chi connectivity index (χ1n) is 8.39. The van der Waals surface area contributed by atoms with Crippen LogP contribution in [-0.2, 0) is 17.5 Å². The van der Waals surface area contributed by atoms with Gasteiger partial charge >= 0.3 is 6.18 Å². The zero-order chi connectivity index (χ0) is 19.8. The topological polar surface area (TPSA) is 64.0 Å². The first-order chi connectivity index (χ1) is 12.6. The summed E-state index contributed by atoms with van der Waals surface area (Å²) in [6.07, 6.45) is -3.32. The maximum atomic E-state index is 13.1. The van der Waals surface area contributed by atoms with Crippen LogP contribution in [0.3, 0.4) is 0 Å². The maximum absolute atomic E-state index is 13.1. The van der Waals surface area contributed by atoms with Crippen LogP contribution < -0.4 is 10.9 Å². The Bertz CT molecular complexity index is 906. The first-order valence-corrected chi connectivity index (χ1v) is 9.18. The molecule has 1 atom stereocenters. The van der Waals surface area contributed by atoms with Gasteiger partial charge in [-0.25, -0.2) is 4.68 Å².